The van der Waals surface area contributed by atoms with E-state index < -0.39 is 326 Å². The van der Waals surface area contributed by atoms with E-state index in [1.165, 1.54) is 27.7 Å². The molecule has 25 atom stereocenters. The summed E-state index contributed by atoms with van der Waals surface area (Å²) in [6, 6.07) is -23.1. The minimum Gasteiger partial charge on any atom is -0.481 e. The average molecular weight is 2120 g/mol. The summed E-state index contributed by atoms with van der Waals surface area (Å²) in [4.78, 5) is 290. The van der Waals surface area contributed by atoms with Crippen LogP contribution >= 0.6 is 0 Å². The largest absolute Gasteiger partial charge is 0.481 e. The number of rotatable bonds is 73. The van der Waals surface area contributed by atoms with Gasteiger partial charge in [-0.1, -0.05) is 98.6 Å². The third-order valence-corrected chi connectivity index (χ3v) is 23.8. The SMILES string of the molecule is CC[C@H](C)[C@H](NC(=O)[C@H](CCCCN)NC(=O)[C@H](CC(C)C)NC(=O)[C@H](CC(=O)O)NC(=O)[C@@H](NC(=O)[C@@H](NC(=O)[C@@H](NC(=O)[C@H](CO)NC(=O)[C@@H](NC(=O)[C@H](CCCCN)NC(=O)[C@H](CO)NC(=O)[C@@H](NC(=O)[C@@H](NC(=O)[C@H](Cc1ccccc1)NC(=O)[C@H](CCCNC(=N)N)NC(=O)CNC(=O)[C@H](CCCCN)NC(=O)[C@H](C)NC(=O)CN)[C@@H](C)O)[C@@H](C)CC)[C@@H](C)O)[C@@H](C)O)[C@@H](C)O)C(C)C)C(=O)N[C@H](C(=O)O)[C@@H](C)O. The lowest BCUT2D eigenvalue weighted by Gasteiger charge is -2.30. The van der Waals surface area contributed by atoms with Gasteiger partial charge in [-0.25, -0.2) is 4.79 Å². The molecule has 0 bridgehead atoms. The zero-order valence-electron chi connectivity index (χ0n) is 86.9. The number of amides is 19. The van der Waals surface area contributed by atoms with Crippen molar-refractivity contribution in [2.45, 2.75) is 339 Å². The molecule has 56 nitrogen and oxygen atoms in total. The van der Waals surface area contributed by atoms with Crippen LogP contribution in [-0.2, 0) is 107 Å². The van der Waals surface area contributed by atoms with Crippen molar-refractivity contribution in [1.29, 1.82) is 5.41 Å². The van der Waals surface area contributed by atoms with Crippen molar-refractivity contribution in [2.24, 2.45) is 52.3 Å². The van der Waals surface area contributed by atoms with E-state index in [0.717, 1.165) is 34.6 Å². The number of carboxylic acid groups (broad SMARTS) is 2. The monoisotopic (exact) mass is 2120 g/mol. The van der Waals surface area contributed by atoms with E-state index in [1.54, 1.807) is 65.0 Å². The number of carbonyl (C=O) groups excluding carboxylic acids is 19. The third kappa shape index (κ3) is 49.3. The van der Waals surface area contributed by atoms with Crippen LogP contribution in [-0.4, -0.2) is 368 Å². The summed E-state index contributed by atoms with van der Waals surface area (Å²) in [6.07, 6.45) is -9.11. The fourth-order valence-corrected chi connectivity index (χ4v) is 14.6. The normalized spacial score (nSPS) is 16.3. The molecule has 1 rings (SSSR count). The molecule has 0 aliphatic carbocycles. The maximum absolute atomic E-state index is 14.6. The maximum Gasteiger partial charge on any atom is 0.328 e. The van der Waals surface area contributed by atoms with Crippen LogP contribution in [0.3, 0.4) is 0 Å². The summed E-state index contributed by atoms with van der Waals surface area (Å²) in [5.41, 5.74) is 28.4. The number of hydrogen-bond donors (Lipinski definition) is 35. The molecule has 0 saturated carbocycles. The van der Waals surface area contributed by atoms with Crippen molar-refractivity contribution in [2.75, 3.05) is 52.5 Å². The first-order valence-electron chi connectivity index (χ1n) is 49.7. The van der Waals surface area contributed by atoms with Gasteiger partial charge in [-0.05, 0) is 167 Å². The Hall–Kier alpha value is -13.1. The topological polar surface area (TPSA) is 935 Å². The van der Waals surface area contributed by atoms with Crippen LogP contribution in [0.1, 0.15) is 199 Å². The molecule has 149 heavy (non-hydrogen) atoms. The van der Waals surface area contributed by atoms with Gasteiger partial charge < -0.3 is 181 Å². The summed E-state index contributed by atoms with van der Waals surface area (Å²) in [6.45, 7) is 15.7. The highest BCUT2D eigenvalue weighted by atomic mass is 16.4. The van der Waals surface area contributed by atoms with Crippen LogP contribution < -0.4 is 135 Å². The fraction of sp³-hybridized carbons (Fsp3) is 0.699. The van der Waals surface area contributed by atoms with Crippen LogP contribution in [0.4, 0.5) is 0 Å². The first kappa shape index (κ1) is 134. The predicted molar refractivity (Wildman–Crippen MR) is 536 cm³/mol. The summed E-state index contributed by atoms with van der Waals surface area (Å²) in [7, 11) is 0. The molecule has 0 radical (unpaired) electrons. The highest BCUT2D eigenvalue weighted by Crippen LogP contribution is 2.18. The van der Waals surface area contributed by atoms with Crippen molar-refractivity contribution in [3.63, 3.8) is 0 Å². The smallest absolute Gasteiger partial charge is 0.328 e. The predicted octanol–water partition coefficient (Wildman–Crippen LogP) is -12.1. The molecule has 0 aliphatic heterocycles. The van der Waals surface area contributed by atoms with E-state index in [1.807, 2.05) is 0 Å². The molecule has 0 saturated heterocycles. The summed E-state index contributed by atoms with van der Waals surface area (Å²) in [5, 5.41) is 150. The van der Waals surface area contributed by atoms with Gasteiger partial charge in [-0.15, -0.1) is 0 Å². The number of unbranched alkanes of at least 4 members (excludes halogenated alkanes) is 3. The van der Waals surface area contributed by atoms with Gasteiger partial charge in [0, 0.05) is 13.0 Å². The van der Waals surface area contributed by atoms with Gasteiger partial charge in [0.05, 0.1) is 63.2 Å². The molecule has 19 amide bonds. The Balaban J connectivity index is 3.60. The van der Waals surface area contributed by atoms with Gasteiger partial charge >= 0.3 is 11.9 Å². The first-order valence-corrected chi connectivity index (χ1v) is 49.7. The number of aliphatic hydroxyl groups is 7. The minimum absolute atomic E-state index is 0.00354. The molecule has 0 unspecified atom stereocenters. The lowest BCUT2D eigenvalue weighted by molar-refractivity contribution is -0.145. The third-order valence-electron chi connectivity index (χ3n) is 23.8. The van der Waals surface area contributed by atoms with Gasteiger partial charge in [0.15, 0.2) is 12.0 Å². The van der Waals surface area contributed by atoms with E-state index >= 15 is 0 Å². The molecule has 0 heterocycles. The van der Waals surface area contributed by atoms with E-state index in [2.05, 4.69) is 106 Å². The van der Waals surface area contributed by atoms with E-state index in [9.17, 15) is 147 Å². The summed E-state index contributed by atoms with van der Waals surface area (Å²) >= 11 is 0. The summed E-state index contributed by atoms with van der Waals surface area (Å²) < 4.78 is 0. The lowest BCUT2D eigenvalue weighted by Crippen LogP contribution is -2.64. The number of aliphatic carboxylic acids is 2. The van der Waals surface area contributed by atoms with Crippen LogP contribution in [0.2, 0.25) is 0 Å². The molecule has 0 aliphatic rings. The molecule has 0 spiro atoms. The van der Waals surface area contributed by atoms with E-state index in [0.29, 0.717) is 24.8 Å². The lowest BCUT2D eigenvalue weighted by atomic mass is 9.96. The molecule has 56 heteroatoms. The zero-order valence-corrected chi connectivity index (χ0v) is 86.9. The van der Waals surface area contributed by atoms with E-state index in [4.69, 9.17) is 34.1 Å². The Morgan fingerprint density at radius 3 is 1.03 bits per heavy atom. The molecule has 40 N–H and O–H groups in total. The Morgan fingerprint density at radius 2 is 0.631 bits per heavy atom. The number of nitrogens with two attached hydrogens (primary N) is 5. The second-order valence-electron chi connectivity index (χ2n) is 37.4. The maximum atomic E-state index is 14.6. The minimum atomic E-state index is -2.15. The van der Waals surface area contributed by atoms with Gasteiger partial charge in [0.25, 0.3) is 0 Å². The molecule has 0 fully saturated rings. The number of hydrogen-bond acceptors (Lipinski definition) is 33. The molecular formula is C93H162N26O30. The van der Waals surface area contributed by atoms with Crippen molar-refractivity contribution in [1.82, 2.24) is 106 Å². The number of carbonyl (C=O) groups is 21. The molecule has 0 aromatic heterocycles. The van der Waals surface area contributed by atoms with E-state index in [-0.39, 0.29) is 103 Å². The average Bonchev–Trinajstić information content (AvgIpc) is 0.840. The Morgan fingerprint density at radius 1 is 0.322 bits per heavy atom. The van der Waals surface area contributed by atoms with Gasteiger partial charge in [-0.3, -0.25) is 101 Å². The molecule has 844 valence electrons. The number of benzene rings is 1. The standard InChI is InChI=1S/C93H162N26O30/c1-15-46(7)68(114-90(146)71(50(11)123)116-82(138)60(38-54-27-18-17-19-28-54)108-77(133)56(32-26-36-100-93(98)99)103-65(128)41-101-76(132)55(29-20-23-33-94)104-75(131)48(9)102-64(127)40-97)86(142)110-62(42-120)83(139)106-58(31-22-25-35-96)79(135)115-70(49(10)122)88(144)111-63(43-121)84(140)117-72(51(12)124)91(147)118-73(52(13)125)89(145)112-67(45(5)6)85(141)109-61(39-66(129)130)81(137)107-59(37-44(3)4)80(136)105-57(30-21-24-34-95)78(134)113-69(47(8)16-2)87(143)119-74(53(14)126)92(148)149/h17-19,27-28,44-53,55-63,67-74,120-126H,15-16,20-26,29-43,94-97H2,1-14H3,(H,101,132)(H,102,127)(H,103,128)(H,104,131)(H,105,136)(H,106,139)(H,107,137)(H,108,133)(H,109,141)(H,110,142)(H,111,144)(H,112,145)(H,113,134)(H,114,146)(H,115,135)(H,116,138)(H,117,140)(H,118,147)(H,119,143)(H,129,130)(H,148,149)(H4,98,99,100)/t46-,47-,48-,49+,50+,51+,52+,53+,55-,56-,57-,58-,59-,60-,61-,62-,63-,67-,68-,69-,70-,71-,72-,73-,74-/m0/s1. The van der Waals surface area contributed by atoms with Gasteiger partial charge in [0.1, 0.15) is 103 Å². The Bertz CT molecular complexity index is 4540. The van der Waals surface area contributed by atoms with Crippen LogP contribution in [0.25, 0.3) is 0 Å². The van der Waals surface area contributed by atoms with Gasteiger partial charge in [-0.2, -0.15) is 0 Å². The highest BCUT2D eigenvalue weighted by Gasteiger charge is 2.44. The number of carboxylic acids is 2. The quantitative estimate of drug-likeness (QED) is 0.0164. The van der Waals surface area contributed by atoms with Crippen LogP contribution in [0.5, 0.6) is 0 Å². The fourth-order valence-electron chi connectivity index (χ4n) is 14.6. The number of nitrogens with one attached hydrogen (secondary N) is 21. The molecule has 1 aromatic rings. The van der Waals surface area contributed by atoms with Crippen molar-refractivity contribution in [3.05, 3.63) is 35.9 Å². The van der Waals surface area contributed by atoms with Gasteiger partial charge in [0.2, 0.25) is 112 Å². The first-order chi connectivity index (χ1) is 69.9. The Labute approximate surface area is 864 Å². The van der Waals surface area contributed by atoms with Crippen molar-refractivity contribution < 1.29 is 147 Å². The second-order valence-corrected chi connectivity index (χ2v) is 37.4. The summed E-state index contributed by atoms with van der Waals surface area (Å²) in [5.74, 6) is -27.7. The van der Waals surface area contributed by atoms with Crippen molar-refractivity contribution in [3.8, 4) is 0 Å². The van der Waals surface area contributed by atoms with Crippen LogP contribution in [0, 0.1) is 29.1 Å². The second kappa shape index (κ2) is 70.0. The van der Waals surface area contributed by atoms with Crippen LogP contribution in [0.15, 0.2) is 30.3 Å². The molecule has 1 aromatic carbocycles. The Kier molecular flexibility index (Phi) is 62.9. The zero-order chi connectivity index (χ0) is 114. The number of guanidine groups is 1. The van der Waals surface area contributed by atoms with Crippen molar-refractivity contribution >= 4 is 130 Å². The number of aliphatic hydroxyl groups excluding tert-OH is 7. The highest BCUT2D eigenvalue weighted by molar-refractivity contribution is 6.03. The molecular weight excluding hydrogens is 1960 g/mol.